The van der Waals surface area contributed by atoms with E-state index in [1.807, 2.05) is 22.3 Å². The summed E-state index contributed by atoms with van der Waals surface area (Å²) in [7, 11) is 0. The Bertz CT molecular complexity index is 584. The van der Waals surface area contributed by atoms with Gasteiger partial charge in [-0.3, -0.25) is 9.58 Å². The van der Waals surface area contributed by atoms with Gasteiger partial charge in [-0.1, -0.05) is 6.07 Å². The van der Waals surface area contributed by atoms with Crippen LogP contribution in [0.1, 0.15) is 23.3 Å². The molecule has 1 aliphatic heterocycles. The maximum atomic E-state index is 10.2. The Balaban J connectivity index is 1.42. The van der Waals surface area contributed by atoms with Gasteiger partial charge in [0.25, 0.3) is 0 Å². The van der Waals surface area contributed by atoms with Gasteiger partial charge in [0.2, 0.25) is 0 Å². The fraction of sp³-hybridized carbons (Fsp3) is 0.588. The zero-order valence-corrected chi connectivity index (χ0v) is 14.4. The van der Waals surface area contributed by atoms with Crippen LogP contribution in [0.4, 0.5) is 0 Å². The first-order valence-electron chi connectivity index (χ1n) is 8.22. The van der Waals surface area contributed by atoms with Crippen LogP contribution < -0.4 is 0 Å². The van der Waals surface area contributed by atoms with Crippen molar-refractivity contribution in [1.82, 2.24) is 14.7 Å². The van der Waals surface area contributed by atoms with Gasteiger partial charge in [0, 0.05) is 23.7 Å². The molecule has 1 saturated heterocycles. The quantitative estimate of drug-likeness (QED) is 0.804. The SMILES string of the molecule is Cc1cnn(C[C@@H]2CCCN2C[C@@H](O)COCc2cccs2)c1. The van der Waals surface area contributed by atoms with E-state index >= 15 is 0 Å². The highest BCUT2D eigenvalue weighted by molar-refractivity contribution is 7.09. The fourth-order valence-electron chi connectivity index (χ4n) is 3.14. The Morgan fingerprint density at radius 1 is 1.52 bits per heavy atom. The molecule has 1 N–H and O–H groups in total. The summed E-state index contributed by atoms with van der Waals surface area (Å²) in [6.45, 7) is 5.66. The third-order valence-electron chi connectivity index (χ3n) is 4.24. The molecule has 5 nitrogen and oxygen atoms in total. The molecule has 1 aliphatic rings. The molecule has 0 saturated carbocycles. The average molecular weight is 335 g/mol. The lowest BCUT2D eigenvalue weighted by Crippen LogP contribution is -2.40. The van der Waals surface area contributed by atoms with Crippen molar-refractivity contribution in [3.63, 3.8) is 0 Å². The first-order valence-corrected chi connectivity index (χ1v) is 9.10. The minimum absolute atomic E-state index is 0.391. The molecule has 3 rings (SSSR count). The van der Waals surface area contributed by atoms with E-state index in [2.05, 4.69) is 29.2 Å². The third kappa shape index (κ3) is 4.88. The highest BCUT2D eigenvalue weighted by atomic mass is 32.1. The second-order valence-corrected chi connectivity index (χ2v) is 7.31. The number of hydrogen-bond donors (Lipinski definition) is 1. The van der Waals surface area contributed by atoms with Crippen molar-refractivity contribution in [3.8, 4) is 0 Å². The van der Waals surface area contributed by atoms with Gasteiger partial charge in [-0.25, -0.2) is 0 Å². The van der Waals surface area contributed by atoms with Gasteiger partial charge in [0.05, 0.1) is 32.1 Å². The molecular formula is C17H25N3O2S. The monoisotopic (exact) mass is 335 g/mol. The number of aryl methyl sites for hydroxylation is 1. The molecule has 0 radical (unpaired) electrons. The second kappa shape index (κ2) is 8.06. The van der Waals surface area contributed by atoms with E-state index in [9.17, 15) is 5.11 Å². The molecule has 126 valence electrons. The molecule has 6 heteroatoms. The molecule has 0 unspecified atom stereocenters. The Kier molecular flexibility index (Phi) is 5.83. The van der Waals surface area contributed by atoms with Gasteiger partial charge >= 0.3 is 0 Å². The molecule has 3 heterocycles. The van der Waals surface area contributed by atoms with Crippen LogP contribution in [0.2, 0.25) is 0 Å². The standard InChI is InChI=1S/C17H25N3O2S/c1-14-8-18-20(9-14)10-15-4-2-6-19(15)11-16(21)12-22-13-17-5-3-7-23-17/h3,5,7-9,15-16,21H,2,4,6,10-13H2,1H3/t15-,16+/m0/s1. The number of β-amino-alcohol motifs (C(OH)–C–C–N with tert-alkyl or cyclic N) is 1. The van der Waals surface area contributed by atoms with E-state index in [4.69, 9.17) is 4.74 Å². The molecule has 0 aliphatic carbocycles. The number of nitrogens with zero attached hydrogens (tertiary/aromatic N) is 3. The summed E-state index contributed by atoms with van der Waals surface area (Å²) in [5.74, 6) is 0. The molecular weight excluding hydrogens is 310 g/mol. The smallest absolute Gasteiger partial charge is 0.0900 e. The topological polar surface area (TPSA) is 50.5 Å². The summed E-state index contributed by atoms with van der Waals surface area (Å²) in [5.41, 5.74) is 1.19. The summed E-state index contributed by atoms with van der Waals surface area (Å²) in [6.07, 6.45) is 5.90. The summed E-state index contributed by atoms with van der Waals surface area (Å²) < 4.78 is 7.64. The first-order chi connectivity index (χ1) is 11.2. The number of likely N-dealkylation sites (tertiary alicyclic amines) is 1. The Morgan fingerprint density at radius 3 is 3.17 bits per heavy atom. The van der Waals surface area contributed by atoms with Gasteiger partial charge in [-0.05, 0) is 43.3 Å². The van der Waals surface area contributed by atoms with Crippen LogP contribution in [-0.4, -0.2) is 51.6 Å². The third-order valence-corrected chi connectivity index (χ3v) is 5.09. The van der Waals surface area contributed by atoms with Gasteiger partial charge in [-0.2, -0.15) is 5.10 Å². The normalized spacial score (nSPS) is 20.2. The number of aliphatic hydroxyl groups is 1. The zero-order chi connectivity index (χ0) is 16.1. The molecule has 0 amide bonds. The van der Waals surface area contributed by atoms with Crippen molar-refractivity contribution in [3.05, 3.63) is 40.3 Å². The lowest BCUT2D eigenvalue weighted by atomic mass is 10.2. The van der Waals surface area contributed by atoms with Gasteiger partial charge in [-0.15, -0.1) is 11.3 Å². The number of aromatic nitrogens is 2. The van der Waals surface area contributed by atoms with Crippen molar-refractivity contribution >= 4 is 11.3 Å². The average Bonchev–Trinajstić information content (AvgIpc) is 3.24. The molecule has 0 aromatic carbocycles. The summed E-state index contributed by atoms with van der Waals surface area (Å²) in [4.78, 5) is 3.57. The van der Waals surface area contributed by atoms with Crippen LogP contribution in [-0.2, 0) is 17.9 Å². The molecule has 2 aromatic heterocycles. The van der Waals surface area contributed by atoms with Crippen molar-refractivity contribution in [2.24, 2.45) is 0 Å². The molecule has 2 aromatic rings. The summed E-state index contributed by atoms with van der Waals surface area (Å²) in [6, 6.07) is 4.53. The highest BCUT2D eigenvalue weighted by Crippen LogP contribution is 2.19. The van der Waals surface area contributed by atoms with E-state index in [0.29, 0.717) is 25.8 Å². The largest absolute Gasteiger partial charge is 0.389 e. The zero-order valence-electron chi connectivity index (χ0n) is 13.6. The lowest BCUT2D eigenvalue weighted by Gasteiger charge is -2.26. The van der Waals surface area contributed by atoms with E-state index in [0.717, 1.165) is 13.1 Å². The van der Waals surface area contributed by atoms with E-state index in [1.165, 1.54) is 23.3 Å². The maximum Gasteiger partial charge on any atom is 0.0900 e. The second-order valence-electron chi connectivity index (χ2n) is 6.28. The predicted molar refractivity (Wildman–Crippen MR) is 91.5 cm³/mol. The number of thiophene rings is 1. The Labute approximate surface area is 141 Å². The van der Waals surface area contributed by atoms with Crippen LogP contribution in [0.3, 0.4) is 0 Å². The fourth-order valence-corrected chi connectivity index (χ4v) is 3.78. The number of rotatable bonds is 8. The predicted octanol–water partition coefficient (Wildman–Crippen LogP) is 2.30. The van der Waals surface area contributed by atoms with Crippen LogP contribution >= 0.6 is 11.3 Å². The first kappa shape index (κ1) is 16.6. The van der Waals surface area contributed by atoms with Crippen molar-refractivity contribution in [2.45, 2.75) is 45.1 Å². The Hall–Kier alpha value is -1.21. The molecule has 23 heavy (non-hydrogen) atoms. The minimum atomic E-state index is -0.435. The van der Waals surface area contributed by atoms with Gasteiger partial charge in [0.1, 0.15) is 0 Å². The molecule has 0 spiro atoms. The van der Waals surface area contributed by atoms with Crippen molar-refractivity contribution in [2.75, 3.05) is 19.7 Å². The van der Waals surface area contributed by atoms with E-state index in [1.54, 1.807) is 11.3 Å². The summed E-state index contributed by atoms with van der Waals surface area (Å²) in [5, 5.41) is 16.7. The van der Waals surface area contributed by atoms with Gasteiger partial charge in [0.15, 0.2) is 0 Å². The van der Waals surface area contributed by atoms with Crippen LogP contribution in [0, 0.1) is 6.92 Å². The molecule has 1 fully saturated rings. The van der Waals surface area contributed by atoms with E-state index in [-0.39, 0.29) is 0 Å². The minimum Gasteiger partial charge on any atom is -0.389 e. The Morgan fingerprint density at radius 2 is 2.43 bits per heavy atom. The van der Waals surface area contributed by atoms with Crippen molar-refractivity contribution in [1.29, 1.82) is 0 Å². The highest BCUT2D eigenvalue weighted by Gasteiger charge is 2.26. The lowest BCUT2D eigenvalue weighted by molar-refractivity contribution is 0.00741. The van der Waals surface area contributed by atoms with Gasteiger partial charge < -0.3 is 9.84 Å². The molecule has 0 bridgehead atoms. The number of hydrogen-bond acceptors (Lipinski definition) is 5. The molecule has 2 atom stereocenters. The number of ether oxygens (including phenoxy) is 1. The van der Waals surface area contributed by atoms with Crippen LogP contribution in [0.15, 0.2) is 29.9 Å². The van der Waals surface area contributed by atoms with Crippen LogP contribution in [0.25, 0.3) is 0 Å². The van der Waals surface area contributed by atoms with E-state index < -0.39 is 6.10 Å². The maximum absolute atomic E-state index is 10.2. The van der Waals surface area contributed by atoms with Crippen molar-refractivity contribution < 1.29 is 9.84 Å². The summed E-state index contributed by atoms with van der Waals surface area (Å²) >= 11 is 1.68. The van der Waals surface area contributed by atoms with Crippen LogP contribution in [0.5, 0.6) is 0 Å². The number of aliphatic hydroxyl groups excluding tert-OH is 1.